The molecule has 30 heavy (non-hydrogen) atoms. The highest BCUT2D eigenvalue weighted by molar-refractivity contribution is 6.30. The summed E-state index contributed by atoms with van der Waals surface area (Å²) in [6, 6.07) is 2.01. The van der Waals surface area contributed by atoms with Gasteiger partial charge in [0, 0.05) is 17.9 Å². The van der Waals surface area contributed by atoms with Crippen LogP contribution in [0, 0.1) is 0 Å². The Morgan fingerprint density at radius 3 is 2.27 bits per heavy atom. The highest BCUT2D eigenvalue weighted by Crippen LogP contribution is 2.43. The second-order valence-corrected chi connectivity index (χ2v) is 7.75. The van der Waals surface area contributed by atoms with Crippen LogP contribution in [0.3, 0.4) is 0 Å². The summed E-state index contributed by atoms with van der Waals surface area (Å²) in [7, 11) is 4.43. The van der Waals surface area contributed by atoms with Crippen LogP contribution in [0.1, 0.15) is 26.3 Å². The van der Waals surface area contributed by atoms with Crippen molar-refractivity contribution in [1.29, 1.82) is 0 Å². The number of aliphatic carboxylic acids is 1. The van der Waals surface area contributed by atoms with E-state index < -0.39 is 23.7 Å². The number of hydrogen-bond acceptors (Lipinski definition) is 7. The maximum atomic E-state index is 12.0. The minimum Gasteiger partial charge on any atom is -0.493 e. The first-order chi connectivity index (χ1) is 14.0. The molecule has 1 aromatic heterocycles. The molecule has 164 valence electrons. The molecule has 0 radical (unpaired) electrons. The number of carboxylic acid groups (broad SMARTS) is 1. The van der Waals surface area contributed by atoms with E-state index in [9.17, 15) is 14.7 Å². The molecule has 0 saturated heterocycles. The summed E-state index contributed by atoms with van der Waals surface area (Å²) in [4.78, 5) is 28.0. The minimum atomic E-state index is -1.28. The van der Waals surface area contributed by atoms with E-state index in [0.717, 1.165) is 0 Å². The standard InChI is InChI=1S/C20H25ClN2O7/c1-20(2,3)30-19(26)23-13(18(24)25)8-10-7-11-12(22-17(10)21)9-14(27-4)16(29-6)15(11)28-5/h7,9,13H,8H2,1-6H3,(H,23,26)(H,24,25). The molecule has 1 aromatic carbocycles. The molecule has 9 nitrogen and oxygen atoms in total. The zero-order valence-corrected chi connectivity index (χ0v) is 18.4. The predicted molar refractivity (Wildman–Crippen MR) is 111 cm³/mol. The number of halogens is 1. The van der Waals surface area contributed by atoms with Crippen LogP contribution in [-0.4, -0.2) is 55.1 Å². The highest BCUT2D eigenvalue weighted by atomic mass is 35.5. The van der Waals surface area contributed by atoms with E-state index >= 15 is 0 Å². The smallest absolute Gasteiger partial charge is 0.408 e. The summed E-state index contributed by atoms with van der Waals surface area (Å²) in [5.74, 6) is -0.0991. The van der Waals surface area contributed by atoms with Crippen molar-refractivity contribution in [3.63, 3.8) is 0 Å². The number of nitrogens with zero attached hydrogens (tertiary/aromatic N) is 1. The molecule has 0 fully saturated rings. The zero-order valence-electron chi connectivity index (χ0n) is 17.7. The number of carbonyl (C=O) groups is 2. The Labute approximate surface area is 179 Å². The topological polar surface area (TPSA) is 116 Å². The summed E-state index contributed by atoms with van der Waals surface area (Å²) in [5.41, 5.74) is 0.113. The van der Waals surface area contributed by atoms with Gasteiger partial charge in [0.25, 0.3) is 0 Å². The van der Waals surface area contributed by atoms with Gasteiger partial charge in [0.2, 0.25) is 5.75 Å². The fourth-order valence-electron chi connectivity index (χ4n) is 2.82. The number of carboxylic acids is 1. The van der Waals surface area contributed by atoms with Crippen LogP contribution >= 0.6 is 11.6 Å². The number of amides is 1. The molecule has 2 rings (SSSR count). The van der Waals surface area contributed by atoms with Crippen molar-refractivity contribution in [3.05, 3.63) is 22.8 Å². The highest BCUT2D eigenvalue weighted by Gasteiger charge is 2.26. The van der Waals surface area contributed by atoms with Crippen molar-refractivity contribution in [1.82, 2.24) is 10.3 Å². The molecule has 0 bridgehead atoms. The number of fused-ring (bicyclic) bond motifs is 1. The van der Waals surface area contributed by atoms with Crippen molar-refractivity contribution >= 4 is 34.6 Å². The van der Waals surface area contributed by atoms with E-state index in [2.05, 4.69) is 10.3 Å². The van der Waals surface area contributed by atoms with Crippen molar-refractivity contribution in [2.24, 2.45) is 0 Å². The van der Waals surface area contributed by atoms with E-state index in [0.29, 0.717) is 33.7 Å². The SMILES string of the molecule is COc1cc2nc(Cl)c(CC(NC(=O)OC(C)(C)C)C(=O)O)cc2c(OC)c1OC. The Morgan fingerprint density at radius 2 is 1.77 bits per heavy atom. The molecule has 1 atom stereocenters. The van der Waals surface area contributed by atoms with Crippen molar-refractivity contribution in [2.45, 2.75) is 38.8 Å². The number of alkyl carbamates (subject to hydrolysis) is 1. The lowest BCUT2D eigenvalue weighted by atomic mass is 10.0. The number of pyridine rings is 1. The van der Waals surface area contributed by atoms with Gasteiger partial charge in [0.1, 0.15) is 16.8 Å². The first kappa shape index (κ1) is 23.3. The average molecular weight is 441 g/mol. The number of carbonyl (C=O) groups excluding carboxylic acids is 1. The molecule has 0 saturated carbocycles. The maximum Gasteiger partial charge on any atom is 0.408 e. The van der Waals surface area contributed by atoms with Crippen LogP contribution in [0.15, 0.2) is 12.1 Å². The summed E-state index contributed by atoms with van der Waals surface area (Å²) >= 11 is 6.30. The number of benzene rings is 1. The van der Waals surface area contributed by atoms with E-state index in [1.165, 1.54) is 21.3 Å². The molecule has 10 heteroatoms. The predicted octanol–water partition coefficient (Wildman–Crippen LogP) is 3.43. The number of aromatic nitrogens is 1. The first-order valence-electron chi connectivity index (χ1n) is 9.01. The van der Waals surface area contributed by atoms with Crippen molar-refractivity contribution < 1.29 is 33.6 Å². The van der Waals surface area contributed by atoms with Gasteiger partial charge in [0.15, 0.2) is 11.5 Å². The van der Waals surface area contributed by atoms with Crippen LogP contribution in [-0.2, 0) is 16.0 Å². The van der Waals surface area contributed by atoms with E-state index in [1.54, 1.807) is 32.9 Å². The summed E-state index contributed by atoms with van der Waals surface area (Å²) in [6.07, 6.45) is -0.961. The van der Waals surface area contributed by atoms with Crippen molar-refractivity contribution in [3.8, 4) is 17.2 Å². The van der Waals surface area contributed by atoms with E-state index in [-0.39, 0.29) is 11.6 Å². The fourth-order valence-corrected chi connectivity index (χ4v) is 3.04. The number of methoxy groups -OCH3 is 3. The second kappa shape index (κ2) is 9.25. The van der Waals surface area contributed by atoms with Gasteiger partial charge in [0.05, 0.1) is 26.8 Å². The Morgan fingerprint density at radius 1 is 1.13 bits per heavy atom. The Hall–Kier alpha value is -2.94. The van der Waals surface area contributed by atoms with E-state index in [4.69, 9.17) is 30.5 Å². The molecule has 2 aromatic rings. The molecule has 1 amide bonds. The molecule has 2 N–H and O–H groups in total. The number of nitrogens with one attached hydrogen (secondary N) is 1. The monoisotopic (exact) mass is 440 g/mol. The van der Waals surface area contributed by atoms with Gasteiger partial charge in [-0.15, -0.1) is 0 Å². The van der Waals surface area contributed by atoms with Crippen LogP contribution in [0.2, 0.25) is 5.15 Å². The Kier molecular flexibility index (Phi) is 7.20. The summed E-state index contributed by atoms with van der Waals surface area (Å²) in [6.45, 7) is 5.04. The third-order valence-electron chi connectivity index (χ3n) is 4.06. The third kappa shape index (κ3) is 5.35. The van der Waals surface area contributed by atoms with Gasteiger partial charge in [-0.3, -0.25) is 0 Å². The minimum absolute atomic E-state index is 0.0917. The molecule has 0 spiro atoms. The Bertz CT molecular complexity index is 957. The number of hydrogen-bond donors (Lipinski definition) is 2. The largest absolute Gasteiger partial charge is 0.493 e. The van der Waals surface area contributed by atoms with Gasteiger partial charge >= 0.3 is 12.1 Å². The van der Waals surface area contributed by atoms with Crippen LogP contribution in [0.25, 0.3) is 10.9 Å². The Balaban J connectivity index is 2.46. The van der Waals surface area contributed by atoms with Gasteiger partial charge in [-0.2, -0.15) is 0 Å². The summed E-state index contributed by atoms with van der Waals surface area (Å²) in [5, 5.41) is 12.5. The van der Waals surface area contributed by atoms with Crippen LogP contribution in [0.5, 0.6) is 17.2 Å². The lowest BCUT2D eigenvalue weighted by Gasteiger charge is -2.22. The maximum absolute atomic E-state index is 12.0. The van der Waals surface area contributed by atoms with Gasteiger partial charge in [-0.1, -0.05) is 11.6 Å². The van der Waals surface area contributed by atoms with E-state index in [1.807, 2.05) is 0 Å². The summed E-state index contributed by atoms with van der Waals surface area (Å²) < 4.78 is 21.3. The quantitative estimate of drug-likeness (QED) is 0.629. The molecule has 1 unspecified atom stereocenters. The first-order valence-corrected chi connectivity index (χ1v) is 9.39. The molecular weight excluding hydrogens is 416 g/mol. The molecule has 0 aliphatic heterocycles. The van der Waals surface area contributed by atoms with Gasteiger partial charge in [-0.05, 0) is 32.4 Å². The number of ether oxygens (including phenoxy) is 4. The average Bonchev–Trinajstić information content (AvgIpc) is 2.64. The zero-order chi connectivity index (χ0) is 22.6. The molecule has 0 aliphatic rings. The normalized spacial score (nSPS) is 12.2. The molecule has 1 heterocycles. The lowest BCUT2D eigenvalue weighted by molar-refractivity contribution is -0.139. The van der Waals surface area contributed by atoms with Crippen LogP contribution in [0.4, 0.5) is 4.79 Å². The lowest BCUT2D eigenvalue weighted by Crippen LogP contribution is -2.44. The van der Waals surface area contributed by atoms with Crippen LogP contribution < -0.4 is 19.5 Å². The molecule has 0 aliphatic carbocycles. The van der Waals surface area contributed by atoms with Gasteiger partial charge < -0.3 is 29.4 Å². The molecular formula is C20H25ClN2O7. The van der Waals surface area contributed by atoms with Gasteiger partial charge in [-0.25, -0.2) is 14.6 Å². The van der Waals surface area contributed by atoms with Crippen molar-refractivity contribution in [2.75, 3.05) is 21.3 Å². The number of rotatable bonds is 7. The fraction of sp³-hybridized carbons (Fsp3) is 0.450. The second-order valence-electron chi connectivity index (χ2n) is 7.39. The third-order valence-corrected chi connectivity index (χ3v) is 4.39.